The highest BCUT2D eigenvalue weighted by Crippen LogP contribution is 2.34. The summed E-state index contributed by atoms with van der Waals surface area (Å²) < 4.78 is 34.9. The molecular weight excluding hydrogens is 388 g/mol. The van der Waals surface area contributed by atoms with Crippen molar-refractivity contribution in [1.29, 1.82) is 0 Å². The largest absolute Gasteiger partial charge is 0.454 e. The fourth-order valence-electron chi connectivity index (χ4n) is 4.14. The van der Waals surface area contributed by atoms with E-state index in [2.05, 4.69) is 6.07 Å². The van der Waals surface area contributed by atoms with Gasteiger partial charge in [0.15, 0.2) is 21.3 Å². The van der Waals surface area contributed by atoms with Crippen LogP contribution in [0, 0.1) is 11.8 Å². The van der Waals surface area contributed by atoms with E-state index in [1.165, 1.54) is 5.56 Å². The Kier molecular flexibility index (Phi) is 6.92. The molecule has 0 unspecified atom stereocenters. The van der Waals surface area contributed by atoms with E-state index in [0.29, 0.717) is 12.2 Å². The Morgan fingerprint density at radius 3 is 2.41 bits per heavy atom. The molecule has 1 aliphatic carbocycles. The zero-order valence-electron chi connectivity index (χ0n) is 17.9. The smallest absolute Gasteiger partial charge is 0.231 e. The van der Waals surface area contributed by atoms with Crippen molar-refractivity contribution in [3.05, 3.63) is 23.8 Å². The predicted molar refractivity (Wildman–Crippen MR) is 114 cm³/mol. The molecular formula is C23H34O5S. The van der Waals surface area contributed by atoms with Gasteiger partial charge in [0.05, 0.1) is 10.5 Å². The number of rotatable bonds is 8. The average Bonchev–Trinajstić information content (AvgIpc) is 3.12. The van der Waals surface area contributed by atoms with Gasteiger partial charge in [-0.25, -0.2) is 8.42 Å². The molecule has 0 N–H and O–H groups in total. The zero-order chi connectivity index (χ0) is 21.1. The van der Waals surface area contributed by atoms with Crippen LogP contribution in [0.4, 0.5) is 0 Å². The number of aryl methyl sites for hydroxylation is 1. The second-order valence-corrected chi connectivity index (χ2v) is 12.3. The summed E-state index contributed by atoms with van der Waals surface area (Å²) in [7, 11) is -3.08. The van der Waals surface area contributed by atoms with Crippen LogP contribution in [0.15, 0.2) is 18.2 Å². The molecule has 0 radical (unpaired) electrons. The van der Waals surface area contributed by atoms with Crippen LogP contribution in [-0.4, -0.2) is 31.5 Å². The molecule has 1 aromatic carbocycles. The van der Waals surface area contributed by atoms with Gasteiger partial charge >= 0.3 is 0 Å². The van der Waals surface area contributed by atoms with Crippen molar-refractivity contribution in [2.45, 2.75) is 76.9 Å². The number of hydrogen-bond donors (Lipinski definition) is 0. The first-order chi connectivity index (χ1) is 13.7. The van der Waals surface area contributed by atoms with Crippen LogP contribution in [0.3, 0.4) is 0 Å². The number of unbranched alkanes of at least 4 members (excludes halogenated alkanes) is 1. The molecule has 0 aromatic heterocycles. The first-order valence-corrected chi connectivity index (χ1v) is 12.4. The Hall–Kier alpha value is -1.56. The van der Waals surface area contributed by atoms with Gasteiger partial charge in [0.2, 0.25) is 6.79 Å². The van der Waals surface area contributed by atoms with Gasteiger partial charge in [-0.05, 0) is 89.3 Å². The third-order valence-corrected chi connectivity index (χ3v) is 9.04. The fourth-order valence-corrected chi connectivity index (χ4v) is 5.59. The van der Waals surface area contributed by atoms with E-state index in [9.17, 15) is 13.2 Å². The molecule has 6 heteroatoms. The third-order valence-electron chi connectivity index (χ3n) is 6.27. The van der Waals surface area contributed by atoms with E-state index in [4.69, 9.17) is 9.47 Å². The molecule has 29 heavy (non-hydrogen) atoms. The average molecular weight is 423 g/mol. The van der Waals surface area contributed by atoms with Crippen molar-refractivity contribution in [3.63, 3.8) is 0 Å². The number of carbonyl (C=O) groups excluding carboxylic acids is 1. The minimum Gasteiger partial charge on any atom is -0.454 e. The molecule has 3 rings (SSSR count). The Morgan fingerprint density at radius 2 is 1.72 bits per heavy atom. The normalized spacial score (nSPS) is 21.9. The number of sulfone groups is 1. The quantitative estimate of drug-likeness (QED) is 0.567. The SMILES string of the molecule is CC(C)(C)S(=O)(=O)CC1CCC(C(=O)CCCCc2ccc3c(c2)OCO3)CC1. The molecule has 1 aromatic rings. The van der Waals surface area contributed by atoms with Crippen LogP contribution >= 0.6 is 0 Å². The molecule has 2 aliphatic rings. The van der Waals surface area contributed by atoms with E-state index in [-0.39, 0.29) is 24.4 Å². The van der Waals surface area contributed by atoms with Crippen molar-refractivity contribution < 1.29 is 22.7 Å². The second kappa shape index (κ2) is 9.07. The van der Waals surface area contributed by atoms with Crippen molar-refractivity contribution in [2.75, 3.05) is 12.5 Å². The van der Waals surface area contributed by atoms with Crippen molar-refractivity contribution in [2.24, 2.45) is 11.8 Å². The third kappa shape index (κ3) is 5.74. The summed E-state index contributed by atoms with van der Waals surface area (Å²) in [6, 6.07) is 6.03. The summed E-state index contributed by atoms with van der Waals surface area (Å²) in [5, 5.41) is 0. The Morgan fingerprint density at radius 1 is 1.03 bits per heavy atom. The molecule has 0 amide bonds. The molecule has 162 valence electrons. The van der Waals surface area contributed by atoms with Crippen molar-refractivity contribution >= 4 is 15.6 Å². The van der Waals surface area contributed by atoms with E-state index in [1.54, 1.807) is 20.8 Å². The lowest BCUT2D eigenvalue weighted by Crippen LogP contribution is -2.35. The van der Waals surface area contributed by atoms with E-state index >= 15 is 0 Å². The van der Waals surface area contributed by atoms with Gasteiger partial charge in [-0.1, -0.05) is 6.07 Å². The van der Waals surface area contributed by atoms with E-state index in [1.807, 2.05) is 12.1 Å². The highest BCUT2D eigenvalue weighted by molar-refractivity contribution is 7.92. The number of Topliss-reactive ketones (excluding diaryl/α,β-unsaturated/α-hetero) is 1. The van der Waals surface area contributed by atoms with Crippen LogP contribution in [0.5, 0.6) is 11.5 Å². The van der Waals surface area contributed by atoms with Gasteiger partial charge in [-0.15, -0.1) is 0 Å². The van der Waals surface area contributed by atoms with Crippen molar-refractivity contribution in [1.82, 2.24) is 0 Å². The standard InChI is InChI=1S/C23H34O5S/c1-23(2,3)29(25,26)15-18-8-11-19(12-9-18)20(24)7-5-4-6-17-10-13-21-22(14-17)28-16-27-21/h10,13-14,18-19H,4-9,11-12,15-16H2,1-3H3. The monoisotopic (exact) mass is 422 g/mol. The number of fused-ring (bicyclic) bond motifs is 1. The molecule has 0 saturated heterocycles. The molecule has 1 aliphatic heterocycles. The Labute approximate surface area is 175 Å². The lowest BCUT2D eigenvalue weighted by atomic mass is 9.80. The predicted octanol–water partition coefficient (Wildman–Crippen LogP) is 4.72. The minimum absolute atomic E-state index is 0.120. The van der Waals surface area contributed by atoms with Gasteiger partial charge in [-0.3, -0.25) is 4.79 Å². The molecule has 5 nitrogen and oxygen atoms in total. The number of hydrogen-bond acceptors (Lipinski definition) is 5. The van der Waals surface area contributed by atoms with Crippen LogP contribution in [0.25, 0.3) is 0 Å². The second-order valence-electron chi connectivity index (χ2n) is 9.47. The van der Waals surface area contributed by atoms with Crippen molar-refractivity contribution in [3.8, 4) is 11.5 Å². The fraction of sp³-hybridized carbons (Fsp3) is 0.696. The van der Waals surface area contributed by atoms with Crippen LogP contribution in [0.1, 0.15) is 71.3 Å². The number of ketones is 1. The highest BCUT2D eigenvalue weighted by atomic mass is 32.2. The van der Waals surface area contributed by atoms with Gasteiger partial charge in [0.25, 0.3) is 0 Å². The van der Waals surface area contributed by atoms with Crippen LogP contribution in [0.2, 0.25) is 0 Å². The van der Waals surface area contributed by atoms with Gasteiger partial charge in [-0.2, -0.15) is 0 Å². The summed E-state index contributed by atoms with van der Waals surface area (Å²) in [6.45, 7) is 5.58. The summed E-state index contributed by atoms with van der Waals surface area (Å²) in [5.74, 6) is 2.54. The molecule has 0 bridgehead atoms. The highest BCUT2D eigenvalue weighted by Gasteiger charge is 2.34. The maximum absolute atomic E-state index is 12.6. The summed E-state index contributed by atoms with van der Waals surface area (Å²) >= 11 is 0. The number of ether oxygens (including phenoxy) is 2. The van der Waals surface area contributed by atoms with Gasteiger partial charge < -0.3 is 9.47 Å². The first-order valence-electron chi connectivity index (χ1n) is 10.8. The van der Waals surface area contributed by atoms with Crippen LogP contribution < -0.4 is 9.47 Å². The maximum atomic E-state index is 12.6. The van der Waals surface area contributed by atoms with Gasteiger partial charge in [0, 0.05) is 12.3 Å². The summed E-state index contributed by atoms with van der Waals surface area (Å²) in [4.78, 5) is 12.6. The molecule has 0 atom stereocenters. The lowest BCUT2D eigenvalue weighted by molar-refractivity contribution is -0.124. The first kappa shape index (κ1) is 22.1. The molecule has 1 saturated carbocycles. The van der Waals surface area contributed by atoms with Crippen LogP contribution in [-0.2, 0) is 21.1 Å². The summed E-state index contributed by atoms with van der Waals surface area (Å²) in [6.07, 6.45) is 6.81. The topological polar surface area (TPSA) is 69.7 Å². The van der Waals surface area contributed by atoms with Gasteiger partial charge in [0.1, 0.15) is 5.78 Å². The Balaban J connectivity index is 1.36. The Bertz CT molecular complexity index is 814. The van der Waals surface area contributed by atoms with E-state index < -0.39 is 14.6 Å². The summed E-state index contributed by atoms with van der Waals surface area (Å²) in [5.41, 5.74) is 1.21. The lowest BCUT2D eigenvalue weighted by Gasteiger charge is -2.30. The molecule has 1 fully saturated rings. The number of carbonyl (C=O) groups is 1. The zero-order valence-corrected chi connectivity index (χ0v) is 18.7. The van der Waals surface area contributed by atoms with E-state index in [0.717, 1.165) is 56.4 Å². The molecule has 1 heterocycles. The minimum atomic E-state index is -3.08. The molecule has 0 spiro atoms. The maximum Gasteiger partial charge on any atom is 0.231 e. The number of benzene rings is 1.